The lowest BCUT2D eigenvalue weighted by Gasteiger charge is -2.18. The lowest BCUT2D eigenvalue weighted by atomic mass is 9.95. The molecule has 0 aliphatic heterocycles. The van der Waals surface area contributed by atoms with Crippen molar-refractivity contribution in [3.05, 3.63) is 23.3 Å². The van der Waals surface area contributed by atoms with Crippen LogP contribution in [0.15, 0.2) is 6.20 Å². The van der Waals surface area contributed by atoms with Crippen molar-refractivity contribution in [2.45, 2.75) is 50.3 Å². The highest BCUT2D eigenvalue weighted by Crippen LogP contribution is 2.41. The average molecular weight is 269 g/mol. The number of halogens is 1. The van der Waals surface area contributed by atoms with Gasteiger partial charge in [-0.15, -0.1) is 0 Å². The number of aromatic nitrogens is 2. The van der Waals surface area contributed by atoms with E-state index in [1.54, 1.807) is 0 Å². The Morgan fingerprint density at radius 1 is 1.40 bits per heavy atom. The van der Waals surface area contributed by atoms with Gasteiger partial charge in [-0.2, -0.15) is 0 Å². The van der Waals surface area contributed by atoms with E-state index in [1.807, 2.05) is 6.20 Å². The average Bonchev–Trinajstić information content (AvgIpc) is 2.98. The summed E-state index contributed by atoms with van der Waals surface area (Å²) < 4.78 is 0. The zero-order chi connectivity index (χ0) is 11.1. The molecule has 0 radical (unpaired) electrons. The van der Waals surface area contributed by atoms with Gasteiger partial charge in [0.25, 0.3) is 0 Å². The maximum absolute atomic E-state index is 4.74. The van der Waals surface area contributed by atoms with Crippen LogP contribution in [0.3, 0.4) is 0 Å². The van der Waals surface area contributed by atoms with Crippen LogP contribution in [-0.2, 0) is 10.7 Å². The molecule has 0 atom stereocenters. The van der Waals surface area contributed by atoms with Crippen molar-refractivity contribution in [2.24, 2.45) is 0 Å². The molecule has 1 aliphatic carbocycles. The third kappa shape index (κ3) is 2.39. The van der Waals surface area contributed by atoms with Crippen LogP contribution in [0.5, 0.6) is 0 Å². The van der Waals surface area contributed by atoms with Crippen LogP contribution in [0.25, 0.3) is 0 Å². The molecule has 1 saturated carbocycles. The number of alkyl halides is 1. The van der Waals surface area contributed by atoms with Crippen LogP contribution in [-0.4, -0.2) is 9.97 Å². The first-order valence-corrected chi connectivity index (χ1v) is 6.57. The zero-order valence-electron chi connectivity index (χ0n) is 9.55. The second-order valence-electron chi connectivity index (χ2n) is 5.26. The van der Waals surface area contributed by atoms with E-state index >= 15 is 0 Å². The molecular weight excluding hydrogens is 252 g/mol. The molecule has 0 saturated heterocycles. The predicted molar refractivity (Wildman–Crippen MR) is 65.3 cm³/mol. The van der Waals surface area contributed by atoms with Crippen LogP contribution < -0.4 is 0 Å². The van der Waals surface area contributed by atoms with Crippen molar-refractivity contribution in [1.82, 2.24) is 9.97 Å². The monoisotopic (exact) mass is 268 g/mol. The van der Waals surface area contributed by atoms with Crippen LogP contribution in [0.2, 0.25) is 0 Å². The number of rotatable bonds is 2. The molecule has 1 aromatic rings. The van der Waals surface area contributed by atoms with Gasteiger partial charge in [-0.25, -0.2) is 9.97 Å². The van der Waals surface area contributed by atoms with E-state index in [-0.39, 0.29) is 5.41 Å². The normalized spacial score (nSPS) is 16.8. The van der Waals surface area contributed by atoms with Crippen molar-refractivity contribution < 1.29 is 0 Å². The Morgan fingerprint density at radius 2 is 2.07 bits per heavy atom. The highest BCUT2D eigenvalue weighted by atomic mass is 79.9. The first-order chi connectivity index (χ1) is 7.02. The molecule has 2 nitrogen and oxygen atoms in total. The van der Waals surface area contributed by atoms with Gasteiger partial charge in [-0.3, -0.25) is 0 Å². The molecule has 3 heteroatoms. The van der Waals surface area contributed by atoms with E-state index in [2.05, 4.69) is 41.7 Å². The summed E-state index contributed by atoms with van der Waals surface area (Å²) in [5.41, 5.74) is 2.58. The van der Waals surface area contributed by atoms with Gasteiger partial charge < -0.3 is 0 Å². The lowest BCUT2D eigenvalue weighted by molar-refractivity contribution is 0.540. The van der Waals surface area contributed by atoms with Gasteiger partial charge in [0.05, 0.1) is 5.69 Å². The van der Waals surface area contributed by atoms with Crippen molar-refractivity contribution in [3.8, 4) is 0 Å². The van der Waals surface area contributed by atoms with Gasteiger partial charge >= 0.3 is 0 Å². The van der Waals surface area contributed by atoms with E-state index in [0.29, 0.717) is 5.92 Å². The summed E-state index contributed by atoms with van der Waals surface area (Å²) in [6.07, 6.45) is 4.57. The first-order valence-electron chi connectivity index (χ1n) is 5.44. The molecule has 0 N–H and O–H groups in total. The summed E-state index contributed by atoms with van der Waals surface area (Å²) in [5, 5.41) is 0.864. The number of hydrogen-bond acceptors (Lipinski definition) is 2. The van der Waals surface area contributed by atoms with Crippen LogP contribution in [0.4, 0.5) is 0 Å². The summed E-state index contributed by atoms with van der Waals surface area (Å²) in [6.45, 7) is 6.48. The molecule has 1 heterocycles. The fourth-order valence-corrected chi connectivity index (χ4v) is 2.03. The molecule has 82 valence electrons. The Kier molecular flexibility index (Phi) is 2.84. The van der Waals surface area contributed by atoms with Gasteiger partial charge in [-0.05, 0) is 12.8 Å². The van der Waals surface area contributed by atoms with Crippen LogP contribution >= 0.6 is 15.9 Å². The minimum absolute atomic E-state index is 0.0501. The Labute approximate surface area is 99.7 Å². The maximum Gasteiger partial charge on any atom is 0.133 e. The molecule has 2 rings (SSSR count). The number of hydrogen-bond donors (Lipinski definition) is 0. The molecule has 0 bridgehead atoms. The summed E-state index contributed by atoms with van der Waals surface area (Å²) >= 11 is 3.50. The second kappa shape index (κ2) is 3.85. The zero-order valence-corrected chi connectivity index (χ0v) is 11.1. The minimum Gasteiger partial charge on any atom is -0.240 e. The van der Waals surface area contributed by atoms with E-state index in [1.165, 1.54) is 24.1 Å². The Balaban J connectivity index is 2.40. The second-order valence-corrected chi connectivity index (χ2v) is 5.82. The van der Waals surface area contributed by atoms with E-state index in [9.17, 15) is 0 Å². The van der Waals surface area contributed by atoms with E-state index < -0.39 is 0 Å². The van der Waals surface area contributed by atoms with Crippen molar-refractivity contribution in [1.29, 1.82) is 0 Å². The summed E-state index contributed by atoms with van der Waals surface area (Å²) in [5.74, 6) is 1.66. The fraction of sp³-hybridized carbons (Fsp3) is 0.667. The van der Waals surface area contributed by atoms with Crippen molar-refractivity contribution in [2.75, 3.05) is 0 Å². The van der Waals surface area contributed by atoms with Gasteiger partial charge in [-0.1, -0.05) is 36.7 Å². The van der Waals surface area contributed by atoms with Gasteiger partial charge in [0.15, 0.2) is 0 Å². The smallest absolute Gasteiger partial charge is 0.133 e. The standard InChI is InChI=1S/C12H17BrN2/c1-12(2,3)11-14-7-9(6-13)10(15-11)8-4-5-8/h7-8H,4-6H2,1-3H3. The third-order valence-corrected chi connectivity index (χ3v) is 3.28. The quantitative estimate of drug-likeness (QED) is 0.767. The van der Waals surface area contributed by atoms with Crippen molar-refractivity contribution >= 4 is 15.9 Å². The molecule has 0 unspecified atom stereocenters. The molecule has 0 amide bonds. The van der Waals surface area contributed by atoms with Crippen molar-refractivity contribution in [3.63, 3.8) is 0 Å². The van der Waals surface area contributed by atoms with Crippen LogP contribution in [0, 0.1) is 0 Å². The largest absolute Gasteiger partial charge is 0.240 e. The molecule has 15 heavy (non-hydrogen) atoms. The molecule has 1 fully saturated rings. The molecular formula is C12H17BrN2. The molecule has 0 aromatic carbocycles. The highest BCUT2D eigenvalue weighted by molar-refractivity contribution is 9.08. The van der Waals surface area contributed by atoms with E-state index in [4.69, 9.17) is 4.98 Å². The molecule has 1 aliphatic rings. The number of nitrogens with zero attached hydrogens (tertiary/aromatic N) is 2. The van der Waals surface area contributed by atoms with Gasteiger partial charge in [0.2, 0.25) is 0 Å². The molecule has 1 aromatic heterocycles. The Morgan fingerprint density at radius 3 is 2.53 bits per heavy atom. The highest BCUT2D eigenvalue weighted by Gasteiger charge is 2.29. The van der Waals surface area contributed by atoms with Gasteiger partial charge in [0, 0.05) is 28.4 Å². The predicted octanol–water partition coefficient (Wildman–Crippen LogP) is 3.55. The Hall–Kier alpha value is -0.440. The summed E-state index contributed by atoms with van der Waals surface area (Å²) in [7, 11) is 0. The fourth-order valence-electron chi connectivity index (χ4n) is 1.59. The SMILES string of the molecule is CC(C)(C)c1ncc(CBr)c(C2CC2)n1. The first kappa shape index (κ1) is 11.1. The maximum atomic E-state index is 4.74. The van der Waals surface area contributed by atoms with E-state index in [0.717, 1.165) is 11.2 Å². The van der Waals surface area contributed by atoms with Crippen LogP contribution in [0.1, 0.15) is 56.6 Å². The summed E-state index contributed by atoms with van der Waals surface area (Å²) in [6, 6.07) is 0. The van der Waals surface area contributed by atoms with Gasteiger partial charge in [0.1, 0.15) is 5.82 Å². The third-order valence-electron chi connectivity index (χ3n) is 2.68. The topological polar surface area (TPSA) is 25.8 Å². The molecule has 0 spiro atoms. The lowest BCUT2D eigenvalue weighted by Crippen LogP contribution is -2.17. The Bertz CT molecular complexity index is 364. The minimum atomic E-state index is 0.0501. The summed E-state index contributed by atoms with van der Waals surface area (Å²) in [4.78, 5) is 9.19.